The van der Waals surface area contributed by atoms with E-state index in [4.69, 9.17) is 14.2 Å². The fourth-order valence-corrected chi connectivity index (χ4v) is 4.04. The zero-order chi connectivity index (χ0) is 17.4. The van der Waals surface area contributed by atoms with Crippen molar-refractivity contribution in [1.29, 1.82) is 0 Å². The van der Waals surface area contributed by atoms with Gasteiger partial charge < -0.3 is 14.6 Å². The van der Waals surface area contributed by atoms with Gasteiger partial charge in [0.15, 0.2) is 10.9 Å². The Hall–Kier alpha value is -2.12. The predicted octanol–water partition coefficient (Wildman–Crippen LogP) is 4.10. The van der Waals surface area contributed by atoms with Gasteiger partial charge in [-0.25, -0.2) is 4.98 Å². The molecule has 1 fully saturated rings. The first kappa shape index (κ1) is 16.4. The van der Waals surface area contributed by atoms with Crippen molar-refractivity contribution in [2.24, 2.45) is 0 Å². The number of anilines is 1. The van der Waals surface area contributed by atoms with Gasteiger partial charge in [0.05, 0.1) is 11.8 Å². The third kappa shape index (κ3) is 3.21. The lowest BCUT2D eigenvalue weighted by Crippen LogP contribution is -2.18. The Kier molecular flexibility index (Phi) is 4.35. The number of hydrogen-bond acceptors (Lipinski definition) is 6. The van der Waals surface area contributed by atoms with Crippen molar-refractivity contribution in [2.75, 3.05) is 18.5 Å². The van der Waals surface area contributed by atoms with Gasteiger partial charge in [-0.15, -0.1) is 11.3 Å². The molecule has 7 heteroatoms. The van der Waals surface area contributed by atoms with Crippen molar-refractivity contribution in [3.05, 3.63) is 34.7 Å². The van der Waals surface area contributed by atoms with Gasteiger partial charge in [-0.1, -0.05) is 5.16 Å². The molecule has 0 aromatic carbocycles. The van der Waals surface area contributed by atoms with E-state index in [2.05, 4.69) is 40.3 Å². The Bertz CT molecular complexity index is 874. The number of thiazole rings is 1. The van der Waals surface area contributed by atoms with Gasteiger partial charge in [0.25, 0.3) is 0 Å². The zero-order valence-electron chi connectivity index (χ0n) is 14.7. The Labute approximate surface area is 150 Å². The summed E-state index contributed by atoms with van der Waals surface area (Å²) in [5, 5.41) is 10.6. The maximum atomic E-state index is 5.65. The molecule has 1 atom stereocenters. The molecule has 0 aliphatic carbocycles. The van der Waals surface area contributed by atoms with E-state index in [9.17, 15) is 0 Å². The summed E-state index contributed by atoms with van der Waals surface area (Å²) in [5.41, 5.74) is 4.34. The zero-order valence-corrected chi connectivity index (χ0v) is 15.5. The summed E-state index contributed by atoms with van der Waals surface area (Å²) < 4.78 is 13.0. The molecule has 1 N–H and O–H groups in total. The number of aromatic nitrogens is 3. The van der Waals surface area contributed by atoms with E-state index in [1.54, 1.807) is 11.3 Å². The summed E-state index contributed by atoms with van der Waals surface area (Å²) in [7, 11) is 0. The van der Waals surface area contributed by atoms with Crippen LogP contribution in [0.4, 0.5) is 5.13 Å². The highest BCUT2D eigenvalue weighted by atomic mass is 32.1. The van der Waals surface area contributed by atoms with E-state index in [-0.39, 0.29) is 0 Å². The molecule has 0 amide bonds. The molecule has 1 saturated heterocycles. The van der Waals surface area contributed by atoms with Crippen molar-refractivity contribution >= 4 is 16.5 Å². The van der Waals surface area contributed by atoms with Crippen LogP contribution >= 0.6 is 11.3 Å². The van der Waals surface area contributed by atoms with Crippen molar-refractivity contribution in [3.63, 3.8) is 0 Å². The Morgan fingerprint density at radius 1 is 1.32 bits per heavy atom. The molecule has 1 aliphatic rings. The Morgan fingerprint density at radius 2 is 2.20 bits per heavy atom. The Morgan fingerprint density at radius 3 is 2.92 bits per heavy atom. The molecular weight excluding hydrogens is 336 g/mol. The highest BCUT2D eigenvalue weighted by Crippen LogP contribution is 2.31. The average Bonchev–Trinajstić information content (AvgIpc) is 3.34. The second-order valence-electron chi connectivity index (χ2n) is 6.47. The van der Waals surface area contributed by atoms with Gasteiger partial charge in [0.1, 0.15) is 5.76 Å². The van der Waals surface area contributed by atoms with Crippen LogP contribution in [0.15, 0.2) is 22.0 Å². The van der Waals surface area contributed by atoms with Crippen molar-refractivity contribution in [1.82, 2.24) is 14.7 Å². The number of nitrogens with zero attached hydrogens (tertiary/aromatic N) is 3. The highest BCUT2D eigenvalue weighted by Gasteiger charge is 2.18. The lowest BCUT2D eigenvalue weighted by atomic mass is 10.2. The maximum Gasteiger partial charge on any atom is 0.183 e. The molecule has 25 heavy (non-hydrogen) atoms. The molecular formula is C18H22N4O2S. The predicted molar refractivity (Wildman–Crippen MR) is 98.6 cm³/mol. The molecule has 3 aromatic rings. The van der Waals surface area contributed by atoms with Gasteiger partial charge in [0, 0.05) is 41.5 Å². The van der Waals surface area contributed by atoms with Crippen LogP contribution in [0.2, 0.25) is 0 Å². The maximum absolute atomic E-state index is 5.65. The summed E-state index contributed by atoms with van der Waals surface area (Å²) >= 11 is 1.63. The summed E-state index contributed by atoms with van der Waals surface area (Å²) in [6.45, 7) is 7.76. The molecule has 3 aromatic heterocycles. The van der Waals surface area contributed by atoms with Crippen LogP contribution in [0.25, 0.3) is 17.1 Å². The normalized spacial score (nSPS) is 17.3. The molecule has 0 bridgehead atoms. The molecule has 1 aliphatic heterocycles. The van der Waals surface area contributed by atoms with Crippen LogP contribution in [0.5, 0.6) is 0 Å². The third-order valence-corrected chi connectivity index (χ3v) is 5.36. The van der Waals surface area contributed by atoms with Gasteiger partial charge in [-0.2, -0.15) is 0 Å². The first-order valence-electron chi connectivity index (χ1n) is 8.56. The molecule has 0 spiro atoms. The van der Waals surface area contributed by atoms with E-state index in [0.29, 0.717) is 6.10 Å². The van der Waals surface area contributed by atoms with Crippen molar-refractivity contribution in [2.45, 2.75) is 39.7 Å². The fourth-order valence-electron chi connectivity index (χ4n) is 3.32. The largest absolute Gasteiger partial charge is 0.376 e. The summed E-state index contributed by atoms with van der Waals surface area (Å²) in [6.07, 6.45) is 2.60. The van der Waals surface area contributed by atoms with E-state index in [1.807, 2.05) is 13.0 Å². The number of rotatable bonds is 5. The minimum atomic E-state index is 0.313. The molecule has 4 heterocycles. The Balaban J connectivity index is 1.56. The lowest BCUT2D eigenvalue weighted by Gasteiger charge is -2.09. The molecule has 4 rings (SSSR count). The monoisotopic (exact) mass is 358 g/mol. The molecule has 6 nitrogen and oxygen atoms in total. The number of nitrogens with one attached hydrogen (secondary N) is 1. The summed E-state index contributed by atoms with van der Waals surface area (Å²) in [6, 6.07) is 4.09. The lowest BCUT2D eigenvalue weighted by molar-refractivity contribution is 0.120. The SMILES string of the molecule is Cc1cc(-n2c(C)cc(-c3csc(NC[C@@H]4CCCO4)n3)c2C)no1. The second kappa shape index (κ2) is 6.65. The second-order valence-corrected chi connectivity index (χ2v) is 7.33. The topological polar surface area (TPSA) is 65.1 Å². The standard InChI is InChI=1S/C18H22N4O2S/c1-11-7-15(13(3)22(11)17-8-12(2)24-21-17)16-10-25-18(20-16)19-9-14-5-4-6-23-14/h7-8,10,14H,4-6,9H2,1-3H3,(H,19,20)/t14-/m0/s1. The van der Waals surface area contributed by atoms with Crippen LogP contribution in [0, 0.1) is 20.8 Å². The molecule has 0 radical (unpaired) electrons. The summed E-state index contributed by atoms with van der Waals surface area (Å²) in [4.78, 5) is 4.75. The molecule has 132 valence electrons. The van der Waals surface area contributed by atoms with E-state index < -0.39 is 0 Å². The smallest absolute Gasteiger partial charge is 0.183 e. The minimum Gasteiger partial charge on any atom is -0.376 e. The van der Waals surface area contributed by atoms with E-state index in [0.717, 1.165) is 65.3 Å². The average molecular weight is 358 g/mol. The number of ether oxygens (including phenoxy) is 1. The quantitative estimate of drug-likeness (QED) is 0.744. The van der Waals surface area contributed by atoms with Crippen molar-refractivity contribution < 1.29 is 9.26 Å². The van der Waals surface area contributed by atoms with Gasteiger partial charge >= 0.3 is 0 Å². The van der Waals surface area contributed by atoms with Gasteiger partial charge in [-0.3, -0.25) is 4.57 Å². The highest BCUT2D eigenvalue weighted by molar-refractivity contribution is 7.14. The van der Waals surface area contributed by atoms with Crippen LogP contribution in [0.1, 0.15) is 30.0 Å². The van der Waals surface area contributed by atoms with E-state index >= 15 is 0 Å². The first-order valence-corrected chi connectivity index (χ1v) is 9.44. The molecule has 0 saturated carbocycles. The number of hydrogen-bond donors (Lipinski definition) is 1. The van der Waals surface area contributed by atoms with Crippen LogP contribution in [-0.4, -0.2) is 34.0 Å². The van der Waals surface area contributed by atoms with Gasteiger partial charge in [0.2, 0.25) is 0 Å². The first-order chi connectivity index (χ1) is 12.1. The fraction of sp³-hybridized carbons (Fsp3) is 0.444. The van der Waals surface area contributed by atoms with Gasteiger partial charge in [-0.05, 0) is 39.7 Å². The summed E-state index contributed by atoms with van der Waals surface area (Å²) in [5.74, 6) is 1.61. The third-order valence-electron chi connectivity index (χ3n) is 4.56. The van der Waals surface area contributed by atoms with Crippen molar-refractivity contribution in [3.8, 4) is 17.1 Å². The minimum absolute atomic E-state index is 0.313. The molecule has 0 unspecified atom stereocenters. The van der Waals surface area contributed by atoms with Crippen LogP contribution < -0.4 is 5.32 Å². The van der Waals surface area contributed by atoms with Crippen LogP contribution in [-0.2, 0) is 4.74 Å². The van der Waals surface area contributed by atoms with E-state index in [1.165, 1.54) is 0 Å². The number of aryl methyl sites for hydroxylation is 2. The van der Waals surface area contributed by atoms with Crippen LogP contribution in [0.3, 0.4) is 0 Å².